The fourth-order valence-electron chi connectivity index (χ4n) is 2.20. The molecule has 0 radical (unpaired) electrons. The van der Waals surface area contributed by atoms with Crippen LogP contribution in [0.4, 0.5) is 0 Å². The largest absolute Gasteiger partial charge is 0.348 e. The van der Waals surface area contributed by atoms with Gasteiger partial charge in [-0.3, -0.25) is 4.79 Å². The van der Waals surface area contributed by atoms with E-state index in [0.29, 0.717) is 0 Å². The van der Waals surface area contributed by atoms with Crippen molar-refractivity contribution >= 4 is 27.3 Å². The third-order valence-electron chi connectivity index (χ3n) is 3.42. The van der Waals surface area contributed by atoms with Gasteiger partial charge in [-0.2, -0.15) is 4.31 Å². The van der Waals surface area contributed by atoms with Crippen molar-refractivity contribution < 1.29 is 13.2 Å². The summed E-state index contributed by atoms with van der Waals surface area (Å²) in [4.78, 5) is 12.3. The molecule has 1 heterocycles. The van der Waals surface area contributed by atoms with E-state index in [1.165, 1.54) is 12.1 Å². The predicted octanol–water partition coefficient (Wildman–Crippen LogP) is 2.80. The summed E-state index contributed by atoms with van der Waals surface area (Å²) in [5.41, 5.74) is 0.960. The number of nitrogens with zero attached hydrogens (tertiary/aromatic N) is 1. The molecule has 0 saturated heterocycles. The van der Waals surface area contributed by atoms with Gasteiger partial charge in [-0.1, -0.05) is 42.5 Å². The number of hydrogen-bond donors (Lipinski definition) is 1. The molecule has 24 heavy (non-hydrogen) atoms. The summed E-state index contributed by atoms with van der Waals surface area (Å²) in [5.74, 6) is -0.353. The highest BCUT2D eigenvalue weighted by molar-refractivity contribution is 7.91. The van der Waals surface area contributed by atoms with Crippen molar-refractivity contribution in [2.75, 3.05) is 13.1 Å². The van der Waals surface area contributed by atoms with Crippen LogP contribution in [0, 0.1) is 0 Å². The number of benzene rings is 1. The van der Waals surface area contributed by atoms with Gasteiger partial charge in [-0.05, 0) is 23.9 Å². The van der Waals surface area contributed by atoms with E-state index >= 15 is 0 Å². The first-order valence-electron chi connectivity index (χ1n) is 7.44. The molecule has 0 aliphatic heterocycles. The van der Waals surface area contributed by atoms with Gasteiger partial charge in [0.15, 0.2) is 0 Å². The quantitative estimate of drug-likeness (QED) is 0.733. The summed E-state index contributed by atoms with van der Waals surface area (Å²) >= 11 is 1.13. The van der Waals surface area contributed by atoms with Gasteiger partial charge in [0.1, 0.15) is 4.21 Å². The van der Waals surface area contributed by atoms with E-state index in [4.69, 9.17) is 0 Å². The molecule has 1 N–H and O–H groups in total. The molecule has 1 atom stereocenters. The van der Waals surface area contributed by atoms with Crippen molar-refractivity contribution in [1.29, 1.82) is 0 Å². The molecule has 1 unspecified atom stereocenters. The zero-order valence-electron chi connectivity index (χ0n) is 13.4. The Morgan fingerprint density at radius 3 is 2.58 bits per heavy atom. The monoisotopic (exact) mass is 364 g/mol. The maximum atomic E-state index is 12.6. The van der Waals surface area contributed by atoms with Gasteiger partial charge in [-0.15, -0.1) is 17.9 Å². The third-order valence-corrected chi connectivity index (χ3v) is 6.60. The lowest BCUT2D eigenvalue weighted by molar-refractivity contribution is -0.121. The van der Waals surface area contributed by atoms with E-state index in [1.807, 2.05) is 37.3 Å². The molecular weight excluding hydrogens is 344 g/mol. The van der Waals surface area contributed by atoms with Crippen LogP contribution in [0.3, 0.4) is 0 Å². The lowest BCUT2D eigenvalue weighted by Crippen LogP contribution is -2.41. The van der Waals surface area contributed by atoms with Gasteiger partial charge in [0.25, 0.3) is 10.0 Å². The molecule has 0 fully saturated rings. The standard InChI is InChI=1S/C17H20N2O3S2/c1-3-11-19(24(21,22)17-10-7-12-23-17)13-16(20)18-14(2)15-8-5-4-6-9-15/h3-10,12,14H,1,11,13H2,2H3,(H,18,20). The minimum absolute atomic E-state index is 0.0768. The second-order valence-corrected chi connectivity index (χ2v) is 8.33. The minimum Gasteiger partial charge on any atom is -0.348 e. The summed E-state index contributed by atoms with van der Waals surface area (Å²) < 4.78 is 26.5. The zero-order valence-corrected chi connectivity index (χ0v) is 15.0. The number of hydrogen-bond acceptors (Lipinski definition) is 4. The average Bonchev–Trinajstić information content (AvgIpc) is 3.10. The molecule has 1 aromatic carbocycles. The molecule has 0 aliphatic carbocycles. The normalized spacial score (nSPS) is 12.8. The van der Waals surface area contributed by atoms with Crippen molar-refractivity contribution in [2.45, 2.75) is 17.2 Å². The lowest BCUT2D eigenvalue weighted by atomic mass is 10.1. The first-order chi connectivity index (χ1) is 11.4. The molecule has 0 bridgehead atoms. The Morgan fingerprint density at radius 1 is 1.29 bits per heavy atom. The van der Waals surface area contributed by atoms with Gasteiger partial charge in [0.05, 0.1) is 12.6 Å². The SMILES string of the molecule is C=CCN(CC(=O)NC(C)c1ccccc1)S(=O)(=O)c1cccs1. The molecule has 0 saturated carbocycles. The highest BCUT2D eigenvalue weighted by Gasteiger charge is 2.26. The number of thiophene rings is 1. The topological polar surface area (TPSA) is 66.5 Å². The summed E-state index contributed by atoms with van der Waals surface area (Å²) in [6.45, 7) is 5.27. The molecule has 0 aliphatic rings. The highest BCUT2D eigenvalue weighted by Crippen LogP contribution is 2.21. The average molecular weight is 364 g/mol. The Labute approximate surface area is 146 Å². The fraction of sp³-hybridized carbons (Fsp3) is 0.235. The first-order valence-corrected chi connectivity index (χ1v) is 9.76. The lowest BCUT2D eigenvalue weighted by Gasteiger charge is -2.21. The number of nitrogens with one attached hydrogen (secondary N) is 1. The third kappa shape index (κ3) is 4.53. The van der Waals surface area contributed by atoms with Gasteiger partial charge < -0.3 is 5.32 Å². The van der Waals surface area contributed by atoms with Crippen LogP contribution >= 0.6 is 11.3 Å². The number of rotatable bonds is 8. The molecule has 2 rings (SSSR count). The highest BCUT2D eigenvalue weighted by atomic mass is 32.2. The minimum atomic E-state index is -3.70. The van der Waals surface area contributed by atoms with Crippen LogP contribution in [-0.4, -0.2) is 31.7 Å². The molecule has 128 valence electrons. The fourth-order valence-corrected chi connectivity index (χ4v) is 4.71. The Morgan fingerprint density at radius 2 is 2.00 bits per heavy atom. The van der Waals surface area contributed by atoms with Gasteiger partial charge in [-0.25, -0.2) is 8.42 Å². The smallest absolute Gasteiger partial charge is 0.253 e. The van der Waals surface area contributed by atoms with Gasteiger partial charge in [0.2, 0.25) is 5.91 Å². The molecule has 1 aromatic heterocycles. The zero-order chi connectivity index (χ0) is 17.6. The van der Waals surface area contributed by atoms with Crippen LogP contribution in [0.15, 0.2) is 64.7 Å². The second kappa shape index (κ2) is 8.23. The van der Waals surface area contributed by atoms with E-state index in [2.05, 4.69) is 11.9 Å². The molecule has 2 aromatic rings. The maximum Gasteiger partial charge on any atom is 0.253 e. The predicted molar refractivity (Wildman–Crippen MR) is 96.3 cm³/mol. The summed E-state index contributed by atoms with van der Waals surface area (Å²) in [6, 6.07) is 12.5. The Bertz CT molecular complexity index is 771. The van der Waals surface area contributed by atoms with Crippen molar-refractivity contribution in [1.82, 2.24) is 9.62 Å². The van der Waals surface area contributed by atoms with Crippen LogP contribution in [0.2, 0.25) is 0 Å². The molecule has 7 heteroatoms. The van der Waals surface area contributed by atoms with E-state index in [-0.39, 0.29) is 29.2 Å². The van der Waals surface area contributed by atoms with Crippen molar-refractivity contribution in [3.63, 3.8) is 0 Å². The Hall–Kier alpha value is -1.96. The summed E-state index contributed by atoms with van der Waals surface area (Å²) in [6.07, 6.45) is 1.47. The van der Waals surface area contributed by atoms with Crippen molar-refractivity contribution in [3.05, 3.63) is 66.1 Å². The Balaban J connectivity index is 2.08. The van der Waals surface area contributed by atoms with Crippen LogP contribution in [-0.2, 0) is 14.8 Å². The van der Waals surface area contributed by atoms with Crippen molar-refractivity contribution in [3.8, 4) is 0 Å². The number of amides is 1. The molecule has 1 amide bonds. The second-order valence-electron chi connectivity index (χ2n) is 5.22. The molecule has 0 spiro atoms. The molecule has 5 nitrogen and oxygen atoms in total. The van der Waals surface area contributed by atoms with Crippen LogP contribution in [0.5, 0.6) is 0 Å². The Kier molecular flexibility index (Phi) is 6.30. The van der Waals surface area contributed by atoms with Crippen LogP contribution < -0.4 is 5.32 Å². The van der Waals surface area contributed by atoms with E-state index in [0.717, 1.165) is 21.2 Å². The van der Waals surface area contributed by atoms with E-state index in [9.17, 15) is 13.2 Å². The number of sulfonamides is 1. The van der Waals surface area contributed by atoms with Gasteiger partial charge in [0, 0.05) is 6.54 Å². The van der Waals surface area contributed by atoms with Gasteiger partial charge >= 0.3 is 0 Å². The summed E-state index contributed by atoms with van der Waals surface area (Å²) in [7, 11) is -3.70. The van der Waals surface area contributed by atoms with Crippen LogP contribution in [0.1, 0.15) is 18.5 Å². The number of carbonyl (C=O) groups excluding carboxylic acids is 1. The van der Waals surface area contributed by atoms with Crippen molar-refractivity contribution in [2.24, 2.45) is 0 Å². The number of carbonyl (C=O) groups is 1. The van der Waals surface area contributed by atoms with E-state index < -0.39 is 10.0 Å². The first kappa shape index (κ1) is 18.4. The van der Waals surface area contributed by atoms with Crippen LogP contribution in [0.25, 0.3) is 0 Å². The summed E-state index contributed by atoms with van der Waals surface area (Å²) in [5, 5.41) is 4.52. The maximum absolute atomic E-state index is 12.6. The van der Waals surface area contributed by atoms with E-state index in [1.54, 1.807) is 11.4 Å². The molecular formula is C17H20N2O3S2.